The van der Waals surface area contributed by atoms with Crippen LogP contribution in [0.4, 0.5) is 0 Å². The number of aromatic nitrogens is 3. The van der Waals surface area contributed by atoms with Crippen LogP contribution in [0.2, 0.25) is 0 Å². The predicted octanol–water partition coefficient (Wildman–Crippen LogP) is 8.75. The van der Waals surface area contributed by atoms with Gasteiger partial charge < -0.3 is 4.42 Å². The van der Waals surface area contributed by atoms with E-state index in [1.54, 1.807) is 17.5 Å². The molecule has 0 atom stereocenters. The molecule has 200 valence electrons. The van der Waals surface area contributed by atoms with Gasteiger partial charge in [-0.05, 0) is 53.2 Å². The Bertz CT molecular complexity index is 2250. The first-order valence-electron chi connectivity index (χ1n) is 13.0. The highest BCUT2D eigenvalue weighted by Crippen LogP contribution is 2.34. The SMILES string of the molecule is N#CC(=Cc1cn(-c2ccccc2)nc1-c1cccc2ccccc12)c1nc(-c2cc3cc(Br)ccc3oc2=O)cs1. The molecule has 0 bridgehead atoms. The largest absolute Gasteiger partial charge is 0.422 e. The first-order valence-corrected chi connectivity index (χ1v) is 14.7. The van der Waals surface area contributed by atoms with Crippen molar-refractivity contribution in [2.75, 3.05) is 0 Å². The van der Waals surface area contributed by atoms with Gasteiger partial charge in [-0.2, -0.15) is 10.4 Å². The Morgan fingerprint density at radius 3 is 2.60 bits per heavy atom. The Morgan fingerprint density at radius 2 is 1.74 bits per heavy atom. The molecule has 4 aromatic carbocycles. The number of halogens is 1. The van der Waals surface area contributed by atoms with Crippen LogP contribution < -0.4 is 5.63 Å². The summed E-state index contributed by atoms with van der Waals surface area (Å²) in [6.07, 6.45) is 3.74. The summed E-state index contributed by atoms with van der Waals surface area (Å²) in [4.78, 5) is 17.5. The lowest BCUT2D eigenvalue weighted by Crippen LogP contribution is -2.02. The minimum atomic E-state index is -0.480. The van der Waals surface area contributed by atoms with Crippen molar-refractivity contribution in [2.45, 2.75) is 0 Å². The zero-order valence-corrected chi connectivity index (χ0v) is 24.3. The van der Waals surface area contributed by atoms with E-state index < -0.39 is 5.63 Å². The number of para-hydroxylation sites is 1. The van der Waals surface area contributed by atoms with Crippen molar-refractivity contribution < 1.29 is 4.42 Å². The summed E-state index contributed by atoms with van der Waals surface area (Å²) in [5.41, 5.74) is 4.58. The summed E-state index contributed by atoms with van der Waals surface area (Å²) in [6, 6.07) is 33.7. The Kier molecular flexibility index (Phi) is 6.59. The van der Waals surface area contributed by atoms with Crippen LogP contribution in [0.15, 0.2) is 122 Å². The van der Waals surface area contributed by atoms with E-state index in [9.17, 15) is 10.1 Å². The highest BCUT2D eigenvalue weighted by atomic mass is 79.9. The number of nitrogens with zero attached hydrogens (tertiary/aromatic N) is 4. The van der Waals surface area contributed by atoms with Gasteiger partial charge in [-0.15, -0.1) is 11.3 Å². The molecule has 7 rings (SSSR count). The van der Waals surface area contributed by atoms with Crippen LogP contribution in [0.25, 0.3) is 61.6 Å². The van der Waals surface area contributed by atoms with E-state index >= 15 is 0 Å². The zero-order chi connectivity index (χ0) is 28.6. The van der Waals surface area contributed by atoms with E-state index in [-0.39, 0.29) is 0 Å². The van der Waals surface area contributed by atoms with E-state index in [1.807, 2.05) is 83.7 Å². The molecule has 0 saturated heterocycles. The third-order valence-electron chi connectivity index (χ3n) is 6.93. The molecule has 7 aromatic rings. The zero-order valence-electron chi connectivity index (χ0n) is 21.9. The van der Waals surface area contributed by atoms with Gasteiger partial charge >= 0.3 is 5.63 Å². The maximum atomic E-state index is 12.8. The second-order valence-electron chi connectivity index (χ2n) is 9.58. The summed E-state index contributed by atoms with van der Waals surface area (Å²) in [6.45, 7) is 0. The molecule has 0 saturated carbocycles. The van der Waals surface area contributed by atoms with Gasteiger partial charge in [-0.3, -0.25) is 0 Å². The molecule has 3 heterocycles. The Balaban J connectivity index is 1.35. The molecule has 0 aliphatic carbocycles. The number of allylic oxidation sites excluding steroid dienone is 1. The standard InChI is InChI=1S/C34H19BrN4O2S/c35-25-13-14-31-22(16-25)17-29(34(40)41-31)30-20-42-33(37-30)23(18-36)15-24-19-39(26-9-2-1-3-10-26)38-32(24)28-12-6-8-21-7-4-5-11-27(21)28/h1-17,19-20H. The number of hydrogen-bond donors (Lipinski definition) is 0. The molecule has 0 fully saturated rings. The van der Waals surface area contributed by atoms with E-state index in [1.165, 1.54) is 11.3 Å². The van der Waals surface area contributed by atoms with Crippen molar-refractivity contribution >= 4 is 60.7 Å². The molecular weight excluding hydrogens is 608 g/mol. The lowest BCUT2D eigenvalue weighted by molar-refractivity contribution is 0.563. The van der Waals surface area contributed by atoms with Gasteiger partial charge in [-0.25, -0.2) is 14.5 Å². The number of rotatable bonds is 5. The van der Waals surface area contributed by atoms with Gasteiger partial charge in [0.1, 0.15) is 22.4 Å². The van der Waals surface area contributed by atoms with E-state index in [0.29, 0.717) is 27.4 Å². The molecule has 6 nitrogen and oxygen atoms in total. The van der Waals surface area contributed by atoms with Gasteiger partial charge in [0.05, 0.1) is 22.5 Å². The van der Waals surface area contributed by atoms with E-state index in [4.69, 9.17) is 9.52 Å². The van der Waals surface area contributed by atoms with Crippen LogP contribution in [0, 0.1) is 11.3 Å². The molecule has 0 spiro atoms. The first-order chi connectivity index (χ1) is 20.6. The highest BCUT2D eigenvalue weighted by molar-refractivity contribution is 9.10. The lowest BCUT2D eigenvalue weighted by Gasteiger charge is -2.05. The van der Waals surface area contributed by atoms with E-state index in [2.05, 4.69) is 45.2 Å². The molecule has 0 radical (unpaired) electrons. The van der Waals surface area contributed by atoms with Crippen molar-refractivity contribution in [1.82, 2.24) is 14.8 Å². The third-order valence-corrected chi connectivity index (χ3v) is 8.30. The average molecular weight is 628 g/mol. The van der Waals surface area contributed by atoms with E-state index in [0.717, 1.165) is 43.1 Å². The fourth-order valence-electron chi connectivity index (χ4n) is 4.94. The second-order valence-corrected chi connectivity index (χ2v) is 11.4. The van der Waals surface area contributed by atoms with Crippen LogP contribution in [-0.4, -0.2) is 14.8 Å². The molecule has 0 amide bonds. The predicted molar refractivity (Wildman–Crippen MR) is 171 cm³/mol. The quantitative estimate of drug-likeness (QED) is 0.141. The first kappa shape index (κ1) is 25.8. The van der Waals surface area contributed by atoms with Crippen LogP contribution in [0.3, 0.4) is 0 Å². The van der Waals surface area contributed by atoms with Crippen molar-refractivity contribution in [1.29, 1.82) is 5.26 Å². The van der Waals surface area contributed by atoms with Crippen molar-refractivity contribution in [3.8, 4) is 34.3 Å². The van der Waals surface area contributed by atoms with Crippen molar-refractivity contribution in [3.05, 3.63) is 134 Å². The minimum Gasteiger partial charge on any atom is -0.422 e. The van der Waals surface area contributed by atoms with Crippen LogP contribution in [0.1, 0.15) is 10.6 Å². The number of fused-ring (bicyclic) bond motifs is 2. The smallest absolute Gasteiger partial charge is 0.345 e. The Morgan fingerprint density at radius 1 is 0.929 bits per heavy atom. The normalized spacial score (nSPS) is 11.7. The van der Waals surface area contributed by atoms with Crippen LogP contribution >= 0.6 is 27.3 Å². The molecule has 0 aliphatic rings. The highest BCUT2D eigenvalue weighted by Gasteiger charge is 2.18. The number of nitriles is 1. The van der Waals surface area contributed by atoms with Crippen LogP contribution in [-0.2, 0) is 0 Å². The average Bonchev–Trinajstić information content (AvgIpc) is 3.68. The van der Waals surface area contributed by atoms with Gasteiger partial charge in [0, 0.05) is 32.6 Å². The number of benzene rings is 4. The Labute approximate surface area is 252 Å². The number of hydrogen-bond acceptors (Lipinski definition) is 6. The molecule has 42 heavy (non-hydrogen) atoms. The summed E-state index contributed by atoms with van der Waals surface area (Å²) in [7, 11) is 0. The van der Waals surface area contributed by atoms with Gasteiger partial charge in [-0.1, -0.05) is 76.6 Å². The molecule has 8 heteroatoms. The molecule has 0 aliphatic heterocycles. The van der Waals surface area contributed by atoms with Crippen molar-refractivity contribution in [2.24, 2.45) is 0 Å². The monoisotopic (exact) mass is 626 g/mol. The van der Waals surface area contributed by atoms with Gasteiger partial charge in [0.2, 0.25) is 0 Å². The Hall–Kier alpha value is -5.10. The molecule has 0 unspecified atom stereocenters. The fourth-order valence-corrected chi connectivity index (χ4v) is 6.10. The maximum absolute atomic E-state index is 12.8. The van der Waals surface area contributed by atoms with Gasteiger partial charge in [0.15, 0.2) is 0 Å². The topological polar surface area (TPSA) is 84.7 Å². The minimum absolute atomic E-state index is 0.341. The van der Waals surface area contributed by atoms with Gasteiger partial charge in [0.25, 0.3) is 0 Å². The molecule has 3 aromatic heterocycles. The summed E-state index contributed by atoms with van der Waals surface area (Å²) < 4.78 is 8.24. The fraction of sp³-hybridized carbons (Fsp3) is 0. The summed E-state index contributed by atoms with van der Waals surface area (Å²) in [5.74, 6) is 0. The lowest BCUT2D eigenvalue weighted by atomic mass is 9.99. The molecule has 0 N–H and O–H groups in total. The second kappa shape index (κ2) is 10.7. The maximum Gasteiger partial charge on any atom is 0.345 e. The van der Waals surface area contributed by atoms with Crippen molar-refractivity contribution in [3.63, 3.8) is 0 Å². The third kappa shape index (κ3) is 4.75. The van der Waals surface area contributed by atoms with Crippen LogP contribution in [0.5, 0.6) is 0 Å². The summed E-state index contributed by atoms with van der Waals surface area (Å²) >= 11 is 4.77. The number of thiazole rings is 1. The summed E-state index contributed by atoms with van der Waals surface area (Å²) in [5, 5.41) is 20.4. The molecular formula is C34H19BrN4O2S.